The van der Waals surface area contributed by atoms with Crippen LogP contribution in [0.3, 0.4) is 0 Å². The maximum atomic E-state index is 3.82. The molecule has 1 rings (SSSR count). The van der Waals surface area contributed by atoms with Crippen molar-refractivity contribution in [3.8, 4) is 0 Å². The minimum Gasteiger partial charge on any atom is -0.314 e. The van der Waals surface area contributed by atoms with Crippen LogP contribution in [0.2, 0.25) is 0 Å². The molecule has 5 heteroatoms. The van der Waals surface area contributed by atoms with Crippen molar-refractivity contribution in [1.82, 2.24) is 20.3 Å². The van der Waals surface area contributed by atoms with Crippen LogP contribution >= 0.6 is 15.9 Å². The molecule has 1 aromatic heterocycles. The fourth-order valence-corrected chi connectivity index (χ4v) is 1.17. The molecule has 0 radical (unpaired) electrons. The molecule has 1 heterocycles. The Balaban J connectivity index is 2.87. The monoisotopic (exact) mass is 204 g/mol. The first-order valence-electron chi connectivity index (χ1n) is 2.94. The topological polar surface area (TPSA) is 42.7 Å². The van der Waals surface area contributed by atoms with Crippen molar-refractivity contribution in [2.75, 3.05) is 7.05 Å². The molecule has 0 atom stereocenters. The molecule has 0 aliphatic rings. The highest BCUT2D eigenvalue weighted by molar-refractivity contribution is 9.10. The van der Waals surface area contributed by atoms with E-state index >= 15 is 0 Å². The summed E-state index contributed by atoms with van der Waals surface area (Å²) in [6.07, 6.45) is 0. The van der Waals surface area contributed by atoms with Crippen LogP contribution in [0, 0.1) is 0 Å². The average Bonchev–Trinajstić information content (AvgIpc) is 2.20. The van der Waals surface area contributed by atoms with Gasteiger partial charge in [-0.3, -0.25) is 0 Å². The summed E-state index contributed by atoms with van der Waals surface area (Å²) < 4.78 is 2.55. The summed E-state index contributed by atoms with van der Waals surface area (Å²) in [5, 5.41) is 10.7. The third-order valence-electron chi connectivity index (χ3n) is 1.24. The van der Waals surface area contributed by atoms with E-state index in [0.29, 0.717) is 0 Å². The Hall–Kier alpha value is -0.420. The molecule has 0 aromatic carbocycles. The van der Waals surface area contributed by atoms with Crippen molar-refractivity contribution < 1.29 is 0 Å². The molecule has 0 amide bonds. The Kier molecular flexibility index (Phi) is 2.39. The molecule has 4 nitrogen and oxygen atoms in total. The molecule has 0 aliphatic heterocycles. The SMILES string of the molecule is CNCc1c(Br)nnn1C. The van der Waals surface area contributed by atoms with Crippen molar-refractivity contribution in [3.05, 3.63) is 10.3 Å². The second kappa shape index (κ2) is 3.12. The smallest absolute Gasteiger partial charge is 0.152 e. The molecule has 1 N–H and O–H groups in total. The van der Waals surface area contributed by atoms with Crippen molar-refractivity contribution in [3.63, 3.8) is 0 Å². The highest BCUT2D eigenvalue weighted by atomic mass is 79.9. The third kappa shape index (κ3) is 1.35. The molecule has 0 saturated carbocycles. The van der Waals surface area contributed by atoms with Gasteiger partial charge in [0.1, 0.15) is 0 Å². The second-order valence-corrected chi connectivity index (χ2v) is 2.73. The van der Waals surface area contributed by atoms with Gasteiger partial charge < -0.3 is 5.32 Å². The molecule has 1 aromatic rings. The fourth-order valence-electron chi connectivity index (χ4n) is 0.706. The Bertz CT molecular complexity index is 200. The normalized spacial score (nSPS) is 10.3. The van der Waals surface area contributed by atoms with Crippen LogP contribution in [0.1, 0.15) is 5.69 Å². The number of hydrogen-bond acceptors (Lipinski definition) is 3. The maximum absolute atomic E-state index is 3.82. The predicted octanol–water partition coefficient (Wildman–Crippen LogP) is 0.297. The van der Waals surface area contributed by atoms with Gasteiger partial charge in [-0.25, -0.2) is 4.68 Å². The van der Waals surface area contributed by atoms with Gasteiger partial charge in [0, 0.05) is 13.6 Å². The van der Waals surface area contributed by atoms with Gasteiger partial charge in [0.25, 0.3) is 0 Å². The zero-order chi connectivity index (χ0) is 7.56. The van der Waals surface area contributed by atoms with E-state index in [-0.39, 0.29) is 0 Å². The lowest BCUT2D eigenvalue weighted by atomic mass is 10.5. The minimum absolute atomic E-state index is 0.782. The van der Waals surface area contributed by atoms with Crippen LogP contribution < -0.4 is 5.32 Å². The fraction of sp³-hybridized carbons (Fsp3) is 0.600. The van der Waals surface area contributed by atoms with Crippen LogP contribution in [-0.4, -0.2) is 22.0 Å². The summed E-state index contributed by atoms with van der Waals surface area (Å²) in [5.41, 5.74) is 1.06. The zero-order valence-electron chi connectivity index (χ0n) is 5.93. The van der Waals surface area contributed by atoms with E-state index in [1.54, 1.807) is 4.68 Å². The Morgan fingerprint density at radius 3 is 2.80 bits per heavy atom. The standard InChI is InChI=1S/C5H9BrN4/c1-7-3-4-5(6)8-9-10(4)2/h7H,3H2,1-2H3. The van der Waals surface area contributed by atoms with Gasteiger partial charge in [-0.1, -0.05) is 5.21 Å². The van der Waals surface area contributed by atoms with Crippen LogP contribution in [0.4, 0.5) is 0 Å². The number of nitrogens with zero attached hydrogens (tertiary/aromatic N) is 3. The maximum Gasteiger partial charge on any atom is 0.152 e. The van der Waals surface area contributed by atoms with E-state index in [2.05, 4.69) is 31.6 Å². The largest absolute Gasteiger partial charge is 0.314 e. The average molecular weight is 205 g/mol. The van der Waals surface area contributed by atoms with E-state index < -0.39 is 0 Å². The summed E-state index contributed by atoms with van der Waals surface area (Å²) >= 11 is 3.28. The van der Waals surface area contributed by atoms with Gasteiger partial charge >= 0.3 is 0 Å². The third-order valence-corrected chi connectivity index (χ3v) is 1.86. The van der Waals surface area contributed by atoms with Crippen LogP contribution in [0.5, 0.6) is 0 Å². The first kappa shape index (κ1) is 7.68. The van der Waals surface area contributed by atoms with Gasteiger partial charge in [0.15, 0.2) is 4.60 Å². The lowest BCUT2D eigenvalue weighted by molar-refractivity contribution is 0.651. The second-order valence-electron chi connectivity index (χ2n) is 1.98. The van der Waals surface area contributed by atoms with Crippen LogP contribution in [0.15, 0.2) is 4.60 Å². The lowest BCUT2D eigenvalue weighted by Crippen LogP contribution is -2.10. The summed E-state index contributed by atoms with van der Waals surface area (Å²) in [6.45, 7) is 0.782. The van der Waals surface area contributed by atoms with E-state index in [0.717, 1.165) is 16.8 Å². The number of halogens is 1. The molecule has 0 aliphatic carbocycles. The van der Waals surface area contributed by atoms with Gasteiger partial charge in [0.05, 0.1) is 5.69 Å². The predicted molar refractivity (Wildman–Crippen MR) is 41.5 cm³/mol. The van der Waals surface area contributed by atoms with E-state index in [9.17, 15) is 0 Å². The number of aromatic nitrogens is 3. The molecule has 0 saturated heterocycles. The zero-order valence-corrected chi connectivity index (χ0v) is 7.51. The van der Waals surface area contributed by atoms with E-state index in [1.165, 1.54) is 0 Å². The molecular formula is C5H9BrN4. The van der Waals surface area contributed by atoms with Crippen LogP contribution in [0.25, 0.3) is 0 Å². The first-order valence-corrected chi connectivity index (χ1v) is 3.73. The quantitative estimate of drug-likeness (QED) is 0.754. The number of rotatable bonds is 2. The Morgan fingerprint density at radius 1 is 1.70 bits per heavy atom. The number of aryl methyl sites for hydroxylation is 1. The molecule has 0 fully saturated rings. The van der Waals surface area contributed by atoms with Gasteiger partial charge in [0.2, 0.25) is 0 Å². The minimum atomic E-state index is 0.782. The first-order chi connectivity index (χ1) is 4.75. The lowest BCUT2D eigenvalue weighted by Gasteiger charge is -1.97. The van der Waals surface area contributed by atoms with Gasteiger partial charge in [-0.15, -0.1) is 5.10 Å². The Labute approximate surface area is 67.7 Å². The summed E-state index contributed by atoms with van der Waals surface area (Å²) in [4.78, 5) is 0. The molecular weight excluding hydrogens is 196 g/mol. The van der Waals surface area contributed by atoms with E-state index in [4.69, 9.17) is 0 Å². The van der Waals surface area contributed by atoms with Crippen molar-refractivity contribution in [1.29, 1.82) is 0 Å². The van der Waals surface area contributed by atoms with Crippen molar-refractivity contribution in [2.24, 2.45) is 7.05 Å². The summed E-state index contributed by atoms with van der Waals surface area (Å²) in [6, 6.07) is 0. The summed E-state index contributed by atoms with van der Waals surface area (Å²) in [7, 11) is 3.75. The molecule has 56 valence electrons. The molecule has 0 bridgehead atoms. The molecule has 0 spiro atoms. The van der Waals surface area contributed by atoms with Crippen molar-refractivity contribution >= 4 is 15.9 Å². The highest BCUT2D eigenvalue weighted by Gasteiger charge is 2.04. The number of nitrogens with one attached hydrogen (secondary N) is 1. The molecule has 10 heavy (non-hydrogen) atoms. The Morgan fingerprint density at radius 2 is 2.40 bits per heavy atom. The highest BCUT2D eigenvalue weighted by Crippen LogP contribution is 2.10. The van der Waals surface area contributed by atoms with Crippen molar-refractivity contribution in [2.45, 2.75) is 6.54 Å². The van der Waals surface area contributed by atoms with Gasteiger partial charge in [-0.2, -0.15) is 0 Å². The molecule has 0 unspecified atom stereocenters. The van der Waals surface area contributed by atoms with E-state index in [1.807, 2.05) is 14.1 Å². The number of hydrogen-bond donors (Lipinski definition) is 1. The summed E-state index contributed by atoms with van der Waals surface area (Å²) in [5.74, 6) is 0. The van der Waals surface area contributed by atoms with Crippen LogP contribution in [-0.2, 0) is 13.6 Å². The van der Waals surface area contributed by atoms with Gasteiger partial charge in [-0.05, 0) is 23.0 Å².